The van der Waals surface area contributed by atoms with Crippen molar-refractivity contribution in [1.29, 1.82) is 0 Å². The van der Waals surface area contributed by atoms with Gasteiger partial charge in [-0.15, -0.1) is 0 Å². The maximum absolute atomic E-state index is 12.6. The molecule has 3 N–H and O–H groups in total. The molecule has 1 amide bonds. The van der Waals surface area contributed by atoms with Crippen LogP contribution in [-0.4, -0.2) is 57.4 Å². The second kappa shape index (κ2) is 9.38. The summed E-state index contributed by atoms with van der Waals surface area (Å²) in [5.41, 5.74) is 0.439. The van der Waals surface area contributed by atoms with Crippen LogP contribution in [0.4, 0.5) is 0 Å². The van der Waals surface area contributed by atoms with E-state index in [-0.39, 0.29) is 28.9 Å². The van der Waals surface area contributed by atoms with Crippen LogP contribution in [-0.2, 0) is 9.59 Å². The SMILES string of the molecule is CC(CCC(=O)N(C)C(C)C(=O)O)[C@H]1CC[C@H]2[C@@H]3[C@@H](O)C[C@@H]4C[C@H](O)CC[C@]4(C)[C@H]3CC[C@]12C. The number of likely N-dealkylation sites (N-methyl/N-ethyl adjacent to an activating group) is 1. The fraction of sp³-hybridized carbons (Fsp3) is 0.929. The molecule has 0 radical (unpaired) electrons. The largest absolute Gasteiger partial charge is 0.480 e. The van der Waals surface area contributed by atoms with Crippen molar-refractivity contribution in [2.24, 2.45) is 46.3 Å². The second-order valence-electron chi connectivity index (χ2n) is 13.0. The maximum Gasteiger partial charge on any atom is 0.326 e. The number of rotatable bonds is 6. The minimum absolute atomic E-state index is 0.0914. The molecule has 4 aliphatic carbocycles. The van der Waals surface area contributed by atoms with Gasteiger partial charge in [-0.3, -0.25) is 4.79 Å². The molecular formula is C28H47NO5. The Hall–Kier alpha value is -1.14. The van der Waals surface area contributed by atoms with Crippen LogP contribution in [0.25, 0.3) is 0 Å². The van der Waals surface area contributed by atoms with Crippen molar-refractivity contribution >= 4 is 11.9 Å². The normalized spacial score (nSPS) is 45.4. The molecule has 11 atom stereocenters. The van der Waals surface area contributed by atoms with E-state index in [2.05, 4.69) is 20.8 Å². The highest BCUT2D eigenvalue weighted by Gasteiger charge is 2.62. The van der Waals surface area contributed by atoms with Crippen molar-refractivity contribution in [3.63, 3.8) is 0 Å². The van der Waals surface area contributed by atoms with Gasteiger partial charge in [0.05, 0.1) is 12.2 Å². The molecule has 4 aliphatic rings. The van der Waals surface area contributed by atoms with Crippen molar-refractivity contribution in [3.8, 4) is 0 Å². The van der Waals surface area contributed by atoms with Gasteiger partial charge < -0.3 is 20.2 Å². The Morgan fingerprint density at radius 3 is 2.29 bits per heavy atom. The number of hydrogen-bond donors (Lipinski definition) is 3. The van der Waals surface area contributed by atoms with Crippen molar-refractivity contribution < 1.29 is 24.9 Å². The van der Waals surface area contributed by atoms with Crippen LogP contribution in [0.15, 0.2) is 0 Å². The Bertz CT molecular complexity index is 787. The summed E-state index contributed by atoms with van der Waals surface area (Å²) in [5.74, 6) is 1.75. The molecule has 34 heavy (non-hydrogen) atoms. The van der Waals surface area contributed by atoms with Gasteiger partial charge >= 0.3 is 5.97 Å². The van der Waals surface area contributed by atoms with Gasteiger partial charge in [-0.25, -0.2) is 4.79 Å². The first-order valence-electron chi connectivity index (χ1n) is 13.7. The van der Waals surface area contributed by atoms with Gasteiger partial charge in [0.1, 0.15) is 6.04 Å². The van der Waals surface area contributed by atoms with E-state index in [4.69, 9.17) is 0 Å². The molecular weight excluding hydrogens is 430 g/mol. The fourth-order valence-corrected chi connectivity index (χ4v) is 9.29. The van der Waals surface area contributed by atoms with Crippen LogP contribution in [0, 0.1) is 46.3 Å². The van der Waals surface area contributed by atoms with Gasteiger partial charge in [0.2, 0.25) is 5.91 Å². The molecule has 4 fully saturated rings. The Kier molecular flexibility index (Phi) is 7.16. The molecule has 4 saturated carbocycles. The molecule has 0 heterocycles. The third kappa shape index (κ3) is 4.21. The average Bonchev–Trinajstić information content (AvgIpc) is 3.14. The number of carboxylic acids is 1. The van der Waals surface area contributed by atoms with Crippen molar-refractivity contribution in [2.75, 3.05) is 7.05 Å². The summed E-state index contributed by atoms with van der Waals surface area (Å²) < 4.78 is 0. The van der Waals surface area contributed by atoms with Crippen molar-refractivity contribution in [3.05, 3.63) is 0 Å². The van der Waals surface area contributed by atoms with E-state index >= 15 is 0 Å². The number of hydrogen-bond acceptors (Lipinski definition) is 4. The molecule has 0 aromatic rings. The molecule has 4 rings (SSSR count). The van der Waals surface area contributed by atoms with Crippen LogP contribution in [0.5, 0.6) is 0 Å². The van der Waals surface area contributed by atoms with Crippen LogP contribution in [0.1, 0.15) is 91.9 Å². The topological polar surface area (TPSA) is 98.1 Å². The predicted molar refractivity (Wildman–Crippen MR) is 131 cm³/mol. The lowest BCUT2D eigenvalue weighted by Gasteiger charge is -2.62. The summed E-state index contributed by atoms with van der Waals surface area (Å²) in [5, 5.41) is 30.9. The van der Waals surface area contributed by atoms with Crippen LogP contribution < -0.4 is 0 Å². The summed E-state index contributed by atoms with van der Waals surface area (Å²) in [6, 6.07) is -0.801. The fourth-order valence-electron chi connectivity index (χ4n) is 9.29. The second-order valence-corrected chi connectivity index (χ2v) is 13.0. The van der Waals surface area contributed by atoms with Crippen LogP contribution in [0.2, 0.25) is 0 Å². The van der Waals surface area contributed by atoms with Gasteiger partial charge in [-0.1, -0.05) is 20.8 Å². The first kappa shape index (κ1) is 25.9. The molecule has 6 nitrogen and oxygen atoms in total. The molecule has 2 unspecified atom stereocenters. The van der Waals surface area contributed by atoms with E-state index in [0.29, 0.717) is 41.9 Å². The summed E-state index contributed by atoms with van der Waals surface area (Å²) in [6.07, 6.45) is 9.06. The van der Waals surface area contributed by atoms with E-state index in [1.807, 2.05) is 0 Å². The first-order chi connectivity index (χ1) is 15.9. The summed E-state index contributed by atoms with van der Waals surface area (Å²) in [6.45, 7) is 8.73. The molecule has 0 aromatic carbocycles. The minimum Gasteiger partial charge on any atom is -0.480 e. The quantitative estimate of drug-likeness (QED) is 0.529. The lowest BCUT2D eigenvalue weighted by atomic mass is 9.43. The van der Waals surface area contributed by atoms with E-state index in [9.17, 15) is 24.9 Å². The Balaban J connectivity index is 1.44. The highest BCUT2D eigenvalue weighted by molar-refractivity contribution is 5.83. The zero-order valence-corrected chi connectivity index (χ0v) is 21.9. The molecule has 194 valence electrons. The number of aliphatic hydroxyl groups excluding tert-OH is 2. The Morgan fingerprint density at radius 1 is 0.971 bits per heavy atom. The number of aliphatic hydroxyl groups is 2. The molecule has 0 aromatic heterocycles. The molecule has 0 aliphatic heterocycles. The monoisotopic (exact) mass is 477 g/mol. The maximum atomic E-state index is 12.6. The molecule has 6 heteroatoms. The number of aliphatic carboxylic acids is 1. The number of fused-ring (bicyclic) bond motifs is 5. The van der Waals surface area contributed by atoms with E-state index in [1.165, 1.54) is 17.7 Å². The number of carbonyl (C=O) groups excluding carboxylic acids is 1. The third-order valence-corrected chi connectivity index (χ3v) is 11.6. The van der Waals surface area contributed by atoms with E-state index in [0.717, 1.165) is 44.9 Å². The first-order valence-corrected chi connectivity index (χ1v) is 13.7. The van der Waals surface area contributed by atoms with Gasteiger partial charge in [0.25, 0.3) is 0 Å². The molecule has 0 saturated heterocycles. The van der Waals surface area contributed by atoms with E-state index in [1.54, 1.807) is 14.0 Å². The van der Waals surface area contributed by atoms with Gasteiger partial charge in [-0.2, -0.15) is 0 Å². The molecule has 0 bridgehead atoms. The minimum atomic E-state index is -0.971. The summed E-state index contributed by atoms with van der Waals surface area (Å²) in [4.78, 5) is 25.2. The van der Waals surface area contributed by atoms with E-state index < -0.39 is 12.0 Å². The Labute approximate surface area is 205 Å². The smallest absolute Gasteiger partial charge is 0.326 e. The van der Waals surface area contributed by atoms with Gasteiger partial charge in [-0.05, 0) is 111 Å². The number of carbonyl (C=O) groups is 2. The Morgan fingerprint density at radius 2 is 1.62 bits per heavy atom. The summed E-state index contributed by atoms with van der Waals surface area (Å²) in [7, 11) is 1.59. The number of carboxylic acid groups (broad SMARTS) is 1. The van der Waals surface area contributed by atoms with Crippen molar-refractivity contribution in [2.45, 2.75) is 110 Å². The lowest BCUT2D eigenvalue weighted by molar-refractivity contribution is -0.174. The van der Waals surface area contributed by atoms with Crippen LogP contribution >= 0.6 is 0 Å². The third-order valence-electron chi connectivity index (χ3n) is 11.6. The lowest BCUT2D eigenvalue weighted by Crippen LogP contribution is -2.58. The summed E-state index contributed by atoms with van der Waals surface area (Å²) >= 11 is 0. The standard InChI is InChI=1S/C28H47NO5/c1-16(6-9-24(32)29(5)17(2)26(33)34)20-7-8-21-25-22(11-13-28(20,21)4)27(3)12-10-19(30)14-18(27)15-23(25)31/h16-23,25,30-31H,6-15H2,1-5H3,(H,33,34)/t16?,17?,18-,19+,20+,21-,22-,23-,25-,27-,28+/m0/s1. The zero-order chi connectivity index (χ0) is 25.0. The van der Waals surface area contributed by atoms with Gasteiger partial charge in [0, 0.05) is 13.5 Å². The number of nitrogens with zero attached hydrogens (tertiary/aromatic N) is 1. The van der Waals surface area contributed by atoms with Crippen molar-refractivity contribution in [1.82, 2.24) is 4.90 Å². The highest BCUT2D eigenvalue weighted by atomic mass is 16.4. The number of amides is 1. The molecule has 0 spiro atoms. The highest BCUT2D eigenvalue weighted by Crippen LogP contribution is 2.68. The zero-order valence-electron chi connectivity index (χ0n) is 21.9. The predicted octanol–water partition coefficient (Wildman–Crippen LogP) is 4.32. The average molecular weight is 478 g/mol. The van der Waals surface area contributed by atoms with Crippen LogP contribution in [0.3, 0.4) is 0 Å². The van der Waals surface area contributed by atoms with Gasteiger partial charge in [0.15, 0.2) is 0 Å².